The van der Waals surface area contributed by atoms with Crippen LogP contribution in [0.2, 0.25) is 25.7 Å². The summed E-state index contributed by atoms with van der Waals surface area (Å²) < 4.78 is 7.43. The lowest BCUT2D eigenvalue weighted by Gasteiger charge is -2.17. The zero-order valence-corrected chi connectivity index (χ0v) is 15.9. The first-order valence-corrected chi connectivity index (χ1v) is 12.1. The van der Waals surface area contributed by atoms with Gasteiger partial charge in [-0.1, -0.05) is 31.8 Å². The average Bonchev–Trinajstić information content (AvgIpc) is 2.60. The van der Waals surface area contributed by atoms with Gasteiger partial charge >= 0.3 is 0 Å². The first-order valence-electron chi connectivity index (χ1n) is 8.43. The zero-order valence-electron chi connectivity index (χ0n) is 14.9. The van der Waals surface area contributed by atoms with Crippen LogP contribution in [0, 0.1) is 0 Å². The first-order chi connectivity index (χ1) is 12.0. The number of fused-ring (bicyclic) bond motifs is 1. The van der Waals surface area contributed by atoms with E-state index in [1.165, 1.54) is 0 Å². The molecule has 130 valence electrons. The van der Waals surface area contributed by atoms with E-state index >= 15 is 0 Å². The van der Waals surface area contributed by atoms with Gasteiger partial charge in [-0.15, -0.1) is 0 Å². The molecule has 0 aliphatic carbocycles. The molecule has 0 spiro atoms. The molecule has 3 aromatic rings. The van der Waals surface area contributed by atoms with Gasteiger partial charge in [0.25, 0.3) is 5.56 Å². The van der Waals surface area contributed by atoms with Gasteiger partial charge in [0.05, 0.1) is 10.9 Å². The molecule has 6 heteroatoms. The molecular formula is C19H23N3O2Si. The van der Waals surface area contributed by atoms with Crippen molar-refractivity contribution in [3.8, 4) is 11.4 Å². The van der Waals surface area contributed by atoms with Crippen molar-refractivity contribution in [1.29, 1.82) is 0 Å². The Morgan fingerprint density at radius 3 is 2.64 bits per heavy atom. The first kappa shape index (κ1) is 17.5. The molecule has 0 atom stereocenters. The van der Waals surface area contributed by atoms with Crippen molar-refractivity contribution < 1.29 is 4.74 Å². The summed E-state index contributed by atoms with van der Waals surface area (Å²) in [4.78, 5) is 21.8. The lowest BCUT2D eigenvalue weighted by atomic mass is 10.2. The summed E-state index contributed by atoms with van der Waals surface area (Å²) in [7, 11) is -1.17. The molecule has 1 aromatic carbocycles. The summed E-state index contributed by atoms with van der Waals surface area (Å²) in [5.41, 5.74) is 1.40. The van der Waals surface area contributed by atoms with Crippen molar-refractivity contribution in [2.24, 2.45) is 0 Å². The number of nitrogens with zero attached hydrogens (tertiary/aromatic N) is 3. The molecule has 2 heterocycles. The predicted octanol–water partition coefficient (Wildman–Crippen LogP) is 3.77. The highest BCUT2D eigenvalue weighted by Crippen LogP contribution is 2.18. The van der Waals surface area contributed by atoms with Gasteiger partial charge in [0.2, 0.25) is 0 Å². The van der Waals surface area contributed by atoms with E-state index in [2.05, 4.69) is 29.6 Å². The molecule has 3 rings (SSSR count). The van der Waals surface area contributed by atoms with Crippen LogP contribution in [0.4, 0.5) is 0 Å². The van der Waals surface area contributed by atoms with E-state index in [1.54, 1.807) is 23.0 Å². The minimum Gasteiger partial charge on any atom is -0.361 e. The average molecular weight is 353 g/mol. The van der Waals surface area contributed by atoms with Crippen LogP contribution in [0.15, 0.2) is 53.6 Å². The van der Waals surface area contributed by atoms with Gasteiger partial charge in [-0.05, 0) is 30.3 Å². The van der Waals surface area contributed by atoms with Crippen molar-refractivity contribution in [3.05, 3.63) is 59.1 Å². The second-order valence-electron chi connectivity index (χ2n) is 7.28. The smallest absolute Gasteiger partial charge is 0.263 e. The molecule has 0 aliphatic rings. The van der Waals surface area contributed by atoms with Crippen LogP contribution >= 0.6 is 0 Å². The molecule has 5 nitrogen and oxygen atoms in total. The van der Waals surface area contributed by atoms with Crippen LogP contribution in [-0.4, -0.2) is 29.2 Å². The number of aromatic nitrogens is 3. The Bertz CT molecular complexity index is 917. The van der Waals surface area contributed by atoms with E-state index in [-0.39, 0.29) is 12.3 Å². The van der Waals surface area contributed by atoms with E-state index in [1.807, 2.05) is 30.3 Å². The van der Waals surface area contributed by atoms with Crippen LogP contribution in [0.3, 0.4) is 0 Å². The predicted molar refractivity (Wildman–Crippen MR) is 103 cm³/mol. The summed E-state index contributed by atoms with van der Waals surface area (Å²) in [5.74, 6) is 0.588. The van der Waals surface area contributed by atoms with Crippen LogP contribution in [0.5, 0.6) is 0 Å². The third-order valence-corrected chi connectivity index (χ3v) is 5.70. The molecule has 0 bridgehead atoms. The summed E-state index contributed by atoms with van der Waals surface area (Å²) in [6.07, 6.45) is 3.42. The number of rotatable bonds is 6. The van der Waals surface area contributed by atoms with Crippen LogP contribution in [0.1, 0.15) is 0 Å². The molecule has 0 radical (unpaired) electrons. The maximum atomic E-state index is 12.9. The Balaban J connectivity index is 1.99. The van der Waals surface area contributed by atoms with Gasteiger partial charge in [-0.25, -0.2) is 4.98 Å². The van der Waals surface area contributed by atoms with Crippen molar-refractivity contribution in [3.63, 3.8) is 0 Å². The van der Waals surface area contributed by atoms with E-state index in [4.69, 9.17) is 4.74 Å². The van der Waals surface area contributed by atoms with Crippen LogP contribution < -0.4 is 5.56 Å². The number of para-hydroxylation sites is 1. The fourth-order valence-corrected chi connectivity index (χ4v) is 3.29. The van der Waals surface area contributed by atoms with Gasteiger partial charge in [0, 0.05) is 32.6 Å². The molecule has 0 N–H and O–H groups in total. The van der Waals surface area contributed by atoms with E-state index in [0.29, 0.717) is 23.3 Å². The molecular weight excluding hydrogens is 330 g/mol. The zero-order chi connectivity index (χ0) is 17.9. The molecule has 0 saturated carbocycles. The lowest BCUT2D eigenvalue weighted by Crippen LogP contribution is -2.26. The Morgan fingerprint density at radius 1 is 1.12 bits per heavy atom. The SMILES string of the molecule is C[Si](C)(C)CCOCn1c(-c2cccnc2)nc2ccccc2c1=O. The minimum atomic E-state index is -1.17. The quantitative estimate of drug-likeness (QED) is 0.500. The Labute approximate surface area is 148 Å². The van der Waals surface area contributed by atoms with Gasteiger partial charge in [0.1, 0.15) is 12.6 Å². The van der Waals surface area contributed by atoms with Gasteiger partial charge in [0.15, 0.2) is 0 Å². The van der Waals surface area contributed by atoms with Gasteiger partial charge in [-0.3, -0.25) is 14.3 Å². The van der Waals surface area contributed by atoms with Crippen molar-refractivity contribution in [2.75, 3.05) is 6.61 Å². The number of hydrogen-bond acceptors (Lipinski definition) is 4. The molecule has 0 aliphatic heterocycles. The topological polar surface area (TPSA) is 57.0 Å². The lowest BCUT2D eigenvalue weighted by molar-refractivity contribution is 0.0857. The number of hydrogen-bond donors (Lipinski definition) is 0. The monoisotopic (exact) mass is 353 g/mol. The minimum absolute atomic E-state index is 0.0857. The van der Waals surface area contributed by atoms with E-state index in [0.717, 1.165) is 11.6 Å². The second-order valence-corrected chi connectivity index (χ2v) is 12.9. The Hall–Kier alpha value is -2.31. The Morgan fingerprint density at radius 2 is 1.92 bits per heavy atom. The van der Waals surface area contributed by atoms with E-state index < -0.39 is 8.07 Å². The van der Waals surface area contributed by atoms with Crippen molar-refractivity contribution in [2.45, 2.75) is 32.4 Å². The standard InChI is InChI=1S/C19H23N3O2Si/c1-25(2,3)12-11-24-14-22-18(15-7-6-10-20-13-15)21-17-9-5-4-8-16(17)19(22)23/h4-10,13H,11-12,14H2,1-3H3. The highest BCUT2D eigenvalue weighted by atomic mass is 28.3. The molecule has 0 amide bonds. The number of pyridine rings is 1. The Kier molecular flexibility index (Phi) is 5.10. The van der Waals surface area contributed by atoms with Crippen LogP contribution in [-0.2, 0) is 11.5 Å². The van der Waals surface area contributed by atoms with Crippen molar-refractivity contribution in [1.82, 2.24) is 14.5 Å². The van der Waals surface area contributed by atoms with Gasteiger partial charge < -0.3 is 4.74 Å². The summed E-state index contributed by atoms with van der Waals surface area (Å²) in [5, 5.41) is 0.601. The largest absolute Gasteiger partial charge is 0.361 e. The highest BCUT2D eigenvalue weighted by molar-refractivity contribution is 6.76. The summed E-state index contributed by atoms with van der Waals surface area (Å²) in [6.45, 7) is 7.77. The fraction of sp³-hybridized carbons (Fsp3) is 0.316. The maximum Gasteiger partial charge on any atom is 0.263 e. The third-order valence-electron chi connectivity index (χ3n) is 4.00. The molecule has 2 aromatic heterocycles. The fourth-order valence-electron chi connectivity index (χ4n) is 2.54. The molecule has 0 saturated heterocycles. The summed E-state index contributed by atoms with van der Waals surface area (Å²) in [6, 6.07) is 12.2. The third kappa shape index (κ3) is 4.21. The number of ether oxygens (including phenoxy) is 1. The summed E-state index contributed by atoms with van der Waals surface area (Å²) >= 11 is 0. The molecule has 0 fully saturated rings. The number of benzene rings is 1. The van der Waals surface area contributed by atoms with E-state index in [9.17, 15) is 4.79 Å². The second kappa shape index (κ2) is 7.29. The van der Waals surface area contributed by atoms with Gasteiger partial charge in [-0.2, -0.15) is 0 Å². The van der Waals surface area contributed by atoms with Crippen molar-refractivity contribution >= 4 is 19.0 Å². The van der Waals surface area contributed by atoms with Crippen LogP contribution in [0.25, 0.3) is 22.3 Å². The normalized spacial score (nSPS) is 11.8. The molecule has 0 unspecified atom stereocenters. The highest BCUT2D eigenvalue weighted by Gasteiger charge is 2.15. The maximum absolute atomic E-state index is 12.9. The molecule has 25 heavy (non-hydrogen) atoms.